The quantitative estimate of drug-likeness (QED) is 0.574. The number of benzene rings is 3. The molecule has 0 bridgehead atoms. The van der Waals surface area contributed by atoms with E-state index in [1.54, 1.807) is 12.0 Å². The molecule has 1 amide bonds. The van der Waals surface area contributed by atoms with Gasteiger partial charge in [-0.2, -0.15) is 0 Å². The first-order valence-electron chi connectivity index (χ1n) is 10.8. The van der Waals surface area contributed by atoms with E-state index < -0.39 is 11.5 Å². The Morgan fingerprint density at radius 1 is 0.906 bits per heavy atom. The summed E-state index contributed by atoms with van der Waals surface area (Å²) in [7, 11) is 1.62. The van der Waals surface area contributed by atoms with E-state index in [1.807, 2.05) is 84.9 Å². The maximum absolute atomic E-state index is 13.7. The van der Waals surface area contributed by atoms with Crippen molar-refractivity contribution in [1.29, 1.82) is 0 Å². The van der Waals surface area contributed by atoms with Crippen LogP contribution in [-0.2, 0) is 21.6 Å². The summed E-state index contributed by atoms with van der Waals surface area (Å²) in [6.07, 6.45) is 0.340. The topological polar surface area (TPSA) is 55.8 Å². The Morgan fingerprint density at radius 3 is 2.31 bits per heavy atom. The highest BCUT2D eigenvalue weighted by Gasteiger charge is 2.44. The molecule has 3 aromatic carbocycles. The molecule has 0 N–H and O–H groups in total. The van der Waals surface area contributed by atoms with E-state index in [2.05, 4.69) is 0 Å². The molecule has 32 heavy (non-hydrogen) atoms. The Kier molecular flexibility index (Phi) is 6.55. The molecular weight excluding hydrogens is 402 g/mol. The van der Waals surface area contributed by atoms with Crippen molar-refractivity contribution >= 4 is 11.9 Å². The zero-order valence-corrected chi connectivity index (χ0v) is 18.2. The number of carbonyl (C=O) groups excluding carboxylic acids is 2. The second kappa shape index (κ2) is 9.69. The van der Waals surface area contributed by atoms with Crippen LogP contribution in [0, 0.1) is 0 Å². The number of ether oxygens (including phenoxy) is 2. The molecule has 0 radical (unpaired) electrons. The standard InChI is InChI=1S/C27H27NO4/c1-31-24-14-8-13-23(19-24)27(22-11-6-3-7-12-22)16-18-28(17-15-25(27)29)26(30)32-20-21-9-4-2-5-10-21/h2-14,19H,15-18,20H2,1H3. The largest absolute Gasteiger partial charge is 0.497 e. The lowest BCUT2D eigenvalue weighted by molar-refractivity contribution is -0.122. The van der Waals surface area contributed by atoms with E-state index in [-0.39, 0.29) is 18.8 Å². The average Bonchev–Trinajstić information content (AvgIpc) is 3.03. The van der Waals surface area contributed by atoms with E-state index in [4.69, 9.17) is 9.47 Å². The molecular formula is C27H27NO4. The number of carbonyl (C=O) groups is 2. The molecule has 4 rings (SSSR count). The van der Waals surface area contributed by atoms with Gasteiger partial charge in [0.15, 0.2) is 0 Å². The molecule has 1 atom stereocenters. The van der Waals surface area contributed by atoms with Crippen molar-refractivity contribution in [3.05, 3.63) is 102 Å². The molecule has 5 heteroatoms. The maximum atomic E-state index is 13.7. The van der Waals surface area contributed by atoms with Crippen LogP contribution in [0.1, 0.15) is 29.5 Å². The van der Waals surface area contributed by atoms with Crippen LogP contribution in [0.5, 0.6) is 5.75 Å². The third-order valence-corrected chi connectivity index (χ3v) is 6.13. The zero-order chi connectivity index (χ0) is 22.4. The summed E-state index contributed by atoms with van der Waals surface area (Å²) in [5.74, 6) is 0.796. The lowest BCUT2D eigenvalue weighted by atomic mass is 9.68. The van der Waals surface area contributed by atoms with Crippen LogP contribution < -0.4 is 4.74 Å². The minimum absolute atomic E-state index is 0.0929. The van der Waals surface area contributed by atoms with Crippen LogP contribution in [0.15, 0.2) is 84.9 Å². The molecule has 0 saturated carbocycles. The van der Waals surface area contributed by atoms with E-state index in [0.717, 1.165) is 16.7 Å². The monoisotopic (exact) mass is 429 g/mol. The highest BCUT2D eigenvalue weighted by atomic mass is 16.6. The number of nitrogens with zero attached hydrogens (tertiary/aromatic N) is 1. The van der Waals surface area contributed by atoms with E-state index >= 15 is 0 Å². The summed E-state index contributed by atoms with van der Waals surface area (Å²) in [6.45, 7) is 0.973. The van der Waals surface area contributed by atoms with Crippen molar-refractivity contribution in [2.75, 3.05) is 20.2 Å². The van der Waals surface area contributed by atoms with Crippen LogP contribution in [0.3, 0.4) is 0 Å². The molecule has 5 nitrogen and oxygen atoms in total. The van der Waals surface area contributed by atoms with Crippen molar-refractivity contribution in [1.82, 2.24) is 4.90 Å². The highest BCUT2D eigenvalue weighted by Crippen LogP contribution is 2.40. The highest BCUT2D eigenvalue weighted by molar-refractivity contribution is 5.94. The number of likely N-dealkylation sites (tertiary alicyclic amines) is 1. The lowest BCUT2D eigenvalue weighted by Crippen LogP contribution is -2.38. The summed E-state index contributed by atoms with van der Waals surface area (Å²) < 4.78 is 11.0. The Hall–Kier alpha value is -3.60. The Balaban J connectivity index is 1.61. The third-order valence-electron chi connectivity index (χ3n) is 6.13. The SMILES string of the molecule is COc1cccc(C2(c3ccccc3)CCN(C(=O)OCc3ccccc3)CCC2=O)c1. The van der Waals surface area contributed by atoms with E-state index in [1.165, 1.54) is 0 Å². The van der Waals surface area contributed by atoms with Crippen LogP contribution >= 0.6 is 0 Å². The van der Waals surface area contributed by atoms with Crippen LogP contribution in [0.2, 0.25) is 0 Å². The molecule has 3 aromatic rings. The Bertz CT molecular complexity index is 1070. The normalized spacial score (nSPS) is 18.7. The second-order valence-electron chi connectivity index (χ2n) is 7.95. The zero-order valence-electron chi connectivity index (χ0n) is 18.2. The summed E-state index contributed by atoms with van der Waals surface area (Å²) in [6, 6.07) is 27.1. The first kappa shape index (κ1) is 21.6. The summed E-state index contributed by atoms with van der Waals surface area (Å²) in [4.78, 5) is 28.1. The third kappa shape index (κ3) is 4.37. The fourth-order valence-electron chi connectivity index (χ4n) is 4.39. The Morgan fingerprint density at radius 2 is 1.59 bits per heavy atom. The number of ketones is 1. The minimum Gasteiger partial charge on any atom is -0.497 e. The van der Waals surface area contributed by atoms with Gasteiger partial charge in [-0.15, -0.1) is 0 Å². The molecule has 0 aromatic heterocycles. The van der Waals surface area contributed by atoms with Gasteiger partial charge in [-0.05, 0) is 35.2 Å². The number of hydrogen-bond donors (Lipinski definition) is 0. The first-order chi connectivity index (χ1) is 15.6. The van der Waals surface area contributed by atoms with Crippen LogP contribution in [0.4, 0.5) is 4.79 Å². The van der Waals surface area contributed by atoms with Gasteiger partial charge in [0, 0.05) is 19.5 Å². The van der Waals surface area contributed by atoms with Gasteiger partial charge in [-0.1, -0.05) is 72.8 Å². The lowest BCUT2D eigenvalue weighted by Gasteiger charge is -2.33. The van der Waals surface area contributed by atoms with Gasteiger partial charge in [-0.25, -0.2) is 4.79 Å². The molecule has 1 saturated heterocycles. The molecule has 1 unspecified atom stereocenters. The molecule has 0 aliphatic carbocycles. The second-order valence-corrected chi connectivity index (χ2v) is 7.95. The van der Waals surface area contributed by atoms with Gasteiger partial charge in [0.2, 0.25) is 0 Å². The molecule has 1 heterocycles. The molecule has 1 fully saturated rings. The molecule has 0 spiro atoms. The smallest absolute Gasteiger partial charge is 0.410 e. The number of Topliss-reactive ketones (excluding diaryl/α,β-unsaturated/α-hetero) is 1. The maximum Gasteiger partial charge on any atom is 0.410 e. The average molecular weight is 430 g/mol. The first-order valence-corrected chi connectivity index (χ1v) is 10.8. The fraction of sp³-hybridized carbons (Fsp3) is 0.259. The van der Waals surface area contributed by atoms with E-state index in [9.17, 15) is 9.59 Å². The molecule has 164 valence electrons. The van der Waals surface area contributed by atoms with Crippen molar-refractivity contribution in [3.63, 3.8) is 0 Å². The van der Waals surface area contributed by atoms with Gasteiger partial charge in [-0.3, -0.25) is 4.79 Å². The number of amides is 1. The van der Waals surface area contributed by atoms with Gasteiger partial charge >= 0.3 is 6.09 Å². The molecule has 1 aliphatic heterocycles. The van der Waals surface area contributed by atoms with Crippen LogP contribution in [0.25, 0.3) is 0 Å². The van der Waals surface area contributed by atoms with Gasteiger partial charge in [0.25, 0.3) is 0 Å². The Labute approximate surface area is 188 Å². The predicted molar refractivity (Wildman–Crippen MR) is 123 cm³/mol. The van der Waals surface area contributed by atoms with E-state index in [0.29, 0.717) is 25.3 Å². The summed E-state index contributed by atoms with van der Waals surface area (Å²) >= 11 is 0. The number of methoxy groups -OCH3 is 1. The van der Waals surface area contributed by atoms with Crippen molar-refractivity contribution in [3.8, 4) is 5.75 Å². The molecule has 1 aliphatic rings. The van der Waals surface area contributed by atoms with Crippen molar-refractivity contribution < 1.29 is 19.1 Å². The van der Waals surface area contributed by atoms with Crippen molar-refractivity contribution in [2.45, 2.75) is 24.9 Å². The summed E-state index contributed by atoms with van der Waals surface area (Å²) in [5, 5.41) is 0. The fourth-order valence-corrected chi connectivity index (χ4v) is 4.39. The summed E-state index contributed by atoms with van der Waals surface area (Å²) in [5.41, 5.74) is 1.90. The number of hydrogen-bond acceptors (Lipinski definition) is 4. The van der Waals surface area contributed by atoms with Gasteiger partial charge in [0.05, 0.1) is 12.5 Å². The number of rotatable bonds is 5. The van der Waals surface area contributed by atoms with Gasteiger partial charge in [0.1, 0.15) is 18.1 Å². The van der Waals surface area contributed by atoms with Crippen LogP contribution in [-0.4, -0.2) is 37.0 Å². The van der Waals surface area contributed by atoms with Gasteiger partial charge < -0.3 is 14.4 Å². The van der Waals surface area contributed by atoms with Crippen molar-refractivity contribution in [2.24, 2.45) is 0 Å². The minimum atomic E-state index is -0.843. The predicted octanol–water partition coefficient (Wildman–Crippen LogP) is 4.98.